The van der Waals surface area contributed by atoms with Crippen LogP contribution in [-0.2, 0) is 14.8 Å². The normalized spacial score (nSPS) is 15.2. The van der Waals surface area contributed by atoms with Gasteiger partial charge in [0.2, 0.25) is 15.9 Å². The molecule has 0 saturated heterocycles. The number of hydrogen-bond donors (Lipinski definition) is 4. The van der Waals surface area contributed by atoms with Crippen LogP contribution in [0.1, 0.15) is 20.8 Å². The highest BCUT2D eigenvalue weighted by atomic mass is 32.2. The van der Waals surface area contributed by atoms with Crippen molar-refractivity contribution in [2.24, 2.45) is 16.8 Å². The highest BCUT2D eigenvalue weighted by molar-refractivity contribution is 7.88. The lowest BCUT2D eigenvalue weighted by atomic mass is 10.1. The Bertz CT molecular complexity index is 430. The first kappa shape index (κ1) is 16.6. The quantitative estimate of drug-likeness (QED) is 0.210. The van der Waals surface area contributed by atoms with E-state index in [0.29, 0.717) is 0 Å². The van der Waals surface area contributed by atoms with Crippen LogP contribution in [-0.4, -0.2) is 43.7 Å². The second kappa shape index (κ2) is 6.01. The molecule has 0 saturated carbocycles. The maximum atomic E-state index is 11.6. The number of rotatable bonds is 6. The summed E-state index contributed by atoms with van der Waals surface area (Å²) in [5, 5.41) is 13.7. The van der Waals surface area contributed by atoms with Crippen LogP contribution in [0.5, 0.6) is 0 Å². The molecule has 1 unspecified atom stereocenters. The molecule has 0 aromatic carbocycles. The number of carbonyl (C=O) groups excluding carboxylic acids is 1. The molecule has 9 heteroatoms. The molecular formula is C9H20N4O4S. The Balaban J connectivity index is 4.45. The average molecular weight is 280 g/mol. The minimum absolute atomic E-state index is 0.0853. The molecule has 0 bridgehead atoms. The van der Waals surface area contributed by atoms with Crippen molar-refractivity contribution >= 4 is 21.8 Å². The maximum Gasteiger partial charge on any atom is 0.230 e. The number of amidine groups is 1. The van der Waals surface area contributed by atoms with Crippen molar-refractivity contribution in [3.05, 3.63) is 0 Å². The van der Waals surface area contributed by atoms with E-state index in [1.165, 1.54) is 6.92 Å². The number of sulfonamides is 1. The molecule has 0 spiro atoms. The van der Waals surface area contributed by atoms with Crippen molar-refractivity contribution in [1.29, 1.82) is 0 Å². The predicted molar refractivity (Wildman–Crippen MR) is 67.6 cm³/mol. The molecule has 106 valence electrons. The molecule has 1 amide bonds. The average Bonchev–Trinajstić information content (AvgIpc) is 2.20. The molecule has 5 N–H and O–H groups in total. The van der Waals surface area contributed by atoms with Crippen LogP contribution in [0.25, 0.3) is 0 Å². The lowest BCUT2D eigenvalue weighted by Crippen LogP contribution is -2.52. The highest BCUT2D eigenvalue weighted by Gasteiger charge is 2.25. The third-order valence-corrected chi connectivity index (χ3v) is 3.04. The summed E-state index contributed by atoms with van der Waals surface area (Å²) >= 11 is 0. The molecule has 0 aliphatic carbocycles. The Kier molecular flexibility index (Phi) is 5.55. The van der Waals surface area contributed by atoms with E-state index in [9.17, 15) is 13.2 Å². The summed E-state index contributed by atoms with van der Waals surface area (Å²) in [7, 11) is -3.36. The van der Waals surface area contributed by atoms with Crippen molar-refractivity contribution in [1.82, 2.24) is 10.0 Å². The van der Waals surface area contributed by atoms with E-state index in [4.69, 9.17) is 10.9 Å². The molecular weight excluding hydrogens is 260 g/mol. The van der Waals surface area contributed by atoms with Crippen LogP contribution in [0.4, 0.5) is 0 Å². The van der Waals surface area contributed by atoms with Crippen molar-refractivity contribution < 1.29 is 18.4 Å². The van der Waals surface area contributed by atoms with Gasteiger partial charge in [0, 0.05) is 12.1 Å². The largest absolute Gasteiger partial charge is 0.409 e. The number of nitrogens with one attached hydrogen (secondary N) is 2. The zero-order chi connectivity index (χ0) is 14.6. The van der Waals surface area contributed by atoms with Gasteiger partial charge in [-0.05, 0) is 20.8 Å². The number of carbonyl (C=O) groups is 1. The Morgan fingerprint density at radius 1 is 1.50 bits per heavy atom. The minimum atomic E-state index is -3.36. The molecule has 8 nitrogen and oxygen atoms in total. The minimum Gasteiger partial charge on any atom is -0.409 e. The van der Waals surface area contributed by atoms with Crippen LogP contribution < -0.4 is 15.8 Å². The Labute approximate surface area is 107 Å². The standard InChI is InChI=1S/C9H20N4O4S/c1-6(7(10)12-15)8(14)11-5-9(2,3)13-18(4,16)17/h6,13,15H,5H2,1-4H3,(H2,10,12)(H,11,14). The molecule has 0 rings (SSSR count). The lowest BCUT2D eigenvalue weighted by molar-refractivity contribution is -0.122. The summed E-state index contributed by atoms with van der Waals surface area (Å²) in [5.74, 6) is -1.45. The van der Waals surface area contributed by atoms with Crippen LogP contribution in [0.15, 0.2) is 5.16 Å². The van der Waals surface area contributed by atoms with Crippen LogP contribution in [0.3, 0.4) is 0 Å². The van der Waals surface area contributed by atoms with E-state index in [-0.39, 0.29) is 12.4 Å². The van der Waals surface area contributed by atoms with Crippen molar-refractivity contribution in [3.8, 4) is 0 Å². The topological polar surface area (TPSA) is 134 Å². The molecule has 0 radical (unpaired) electrons. The predicted octanol–water partition coefficient (Wildman–Crippen LogP) is -1.19. The summed E-state index contributed by atoms with van der Waals surface area (Å²) < 4.78 is 24.5. The van der Waals surface area contributed by atoms with Crippen molar-refractivity contribution in [2.75, 3.05) is 12.8 Å². The third kappa shape index (κ3) is 6.40. The second-order valence-electron chi connectivity index (χ2n) is 4.72. The number of nitrogens with zero attached hydrogens (tertiary/aromatic N) is 1. The van der Waals surface area contributed by atoms with Gasteiger partial charge < -0.3 is 16.3 Å². The monoisotopic (exact) mass is 280 g/mol. The summed E-state index contributed by atoms with van der Waals surface area (Å²) in [6.07, 6.45) is 1.04. The number of oxime groups is 1. The molecule has 0 aromatic rings. The van der Waals surface area contributed by atoms with Gasteiger partial charge in [-0.2, -0.15) is 0 Å². The van der Waals surface area contributed by atoms with E-state index in [1.54, 1.807) is 13.8 Å². The van der Waals surface area contributed by atoms with Gasteiger partial charge >= 0.3 is 0 Å². The van der Waals surface area contributed by atoms with E-state index in [1.807, 2.05) is 0 Å². The Hall–Kier alpha value is -1.35. The first-order valence-electron chi connectivity index (χ1n) is 5.22. The third-order valence-electron chi connectivity index (χ3n) is 2.12. The smallest absolute Gasteiger partial charge is 0.230 e. The molecule has 0 aliphatic heterocycles. The van der Waals surface area contributed by atoms with Crippen LogP contribution >= 0.6 is 0 Å². The number of nitrogens with two attached hydrogens (primary N) is 1. The zero-order valence-corrected chi connectivity index (χ0v) is 11.7. The Morgan fingerprint density at radius 3 is 2.39 bits per heavy atom. The SMILES string of the molecule is CC(C(=O)NCC(C)(C)NS(C)(=O)=O)C(N)=NO. The molecule has 1 atom stereocenters. The van der Waals surface area contributed by atoms with Gasteiger partial charge in [0.25, 0.3) is 0 Å². The van der Waals surface area contributed by atoms with Gasteiger partial charge in [0.15, 0.2) is 5.84 Å². The summed E-state index contributed by atoms with van der Waals surface area (Å²) in [6, 6.07) is 0. The van der Waals surface area contributed by atoms with Crippen molar-refractivity contribution in [2.45, 2.75) is 26.3 Å². The van der Waals surface area contributed by atoms with E-state index in [0.717, 1.165) is 6.26 Å². The fraction of sp³-hybridized carbons (Fsp3) is 0.778. The molecule has 0 fully saturated rings. The van der Waals surface area contributed by atoms with Gasteiger partial charge in [0.05, 0.1) is 12.2 Å². The zero-order valence-electron chi connectivity index (χ0n) is 10.9. The molecule has 0 heterocycles. The first-order valence-corrected chi connectivity index (χ1v) is 7.12. The fourth-order valence-electron chi connectivity index (χ4n) is 1.22. The van der Waals surface area contributed by atoms with Gasteiger partial charge in [-0.15, -0.1) is 0 Å². The number of hydrogen-bond acceptors (Lipinski definition) is 5. The first-order chi connectivity index (χ1) is 7.98. The molecule has 0 aromatic heterocycles. The molecule has 0 aliphatic rings. The van der Waals surface area contributed by atoms with Gasteiger partial charge in [-0.3, -0.25) is 4.79 Å². The summed E-state index contributed by atoms with van der Waals surface area (Å²) in [5.41, 5.74) is 4.46. The van der Waals surface area contributed by atoms with Crippen molar-refractivity contribution in [3.63, 3.8) is 0 Å². The maximum absolute atomic E-state index is 11.6. The Morgan fingerprint density at radius 2 is 2.00 bits per heavy atom. The van der Waals surface area contributed by atoms with E-state index in [2.05, 4.69) is 15.2 Å². The van der Waals surface area contributed by atoms with E-state index < -0.39 is 27.4 Å². The molecule has 18 heavy (non-hydrogen) atoms. The fourth-order valence-corrected chi connectivity index (χ4v) is 2.30. The van der Waals surface area contributed by atoms with Gasteiger partial charge in [-0.1, -0.05) is 5.16 Å². The lowest BCUT2D eigenvalue weighted by Gasteiger charge is -2.25. The van der Waals surface area contributed by atoms with Crippen LogP contribution in [0.2, 0.25) is 0 Å². The summed E-state index contributed by atoms with van der Waals surface area (Å²) in [4.78, 5) is 11.6. The van der Waals surface area contributed by atoms with Gasteiger partial charge in [0.1, 0.15) is 0 Å². The van der Waals surface area contributed by atoms with E-state index >= 15 is 0 Å². The highest BCUT2D eigenvalue weighted by Crippen LogP contribution is 2.03. The van der Waals surface area contributed by atoms with Crippen LogP contribution in [0, 0.1) is 5.92 Å². The summed E-state index contributed by atoms with van der Waals surface area (Å²) in [6.45, 7) is 4.81. The second-order valence-corrected chi connectivity index (χ2v) is 6.47. The number of amides is 1. The van der Waals surface area contributed by atoms with Gasteiger partial charge in [-0.25, -0.2) is 13.1 Å².